The molecule has 70 valence electrons. The fourth-order valence-corrected chi connectivity index (χ4v) is 1.31. The summed E-state index contributed by atoms with van der Waals surface area (Å²) in [4.78, 5) is 12.0. The summed E-state index contributed by atoms with van der Waals surface area (Å²) in [6, 6.07) is 1.98. The van der Waals surface area contributed by atoms with E-state index in [-0.39, 0.29) is 0 Å². The molecule has 2 heterocycles. The van der Waals surface area contributed by atoms with Crippen molar-refractivity contribution < 1.29 is 0 Å². The highest BCUT2D eigenvalue weighted by Crippen LogP contribution is 2.17. The molecule has 0 saturated carbocycles. The first-order chi connectivity index (χ1) is 6.90. The summed E-state index contributed by atoms with van der Waals surface area (Å²) in [7, 11) is 0. The lowest BCUT2D eigenvalue weighted by molar-refractivity contribution is 1.16. The van der Waals surface area contributed by atoms with Gasteiger partial charge < -0.3 is 0 Å². The molecule has 0 N–H and O–H groups in total. The van der Waals surface area contributed by atoms with Gasteiger partial charge in [0, 0.05) is 41.8 Å². The minimum Gasteiger partial charge on any atom is -0.264 e. The van der Waals surface area contributed by atoms with Crippen LogP contribution >= 0.6 is 11.6 Å². The third kappa shape index (κ3) is 1.88. The zero-order valence-electron chi connectivity index (χ0n) is 7.39. The standard InChI is InChI=1S/C10H8ClN3/c11-2-8-1-9(4-12-3-8)10-5-13-7-14-6-10/h1,3-7H,2H2. The van der Waals surface area contributed by atoms with Crippen molar-refractivity contribution in [1.82, 2.24) is 15.0 Å². The molecule has 0 saturated heterocycles. The van der Waals surface area contributed by atoms with Crippen molar-refractivity contribution in [3.8, 4) is 11.1 Å². The Balaban J connectivity index is 2.42. The Morgan fingerprint density at radius 2 is 1.64 bits per heavy atom. The van der Waals surface area contributed by atoms with Crippen molar-refractivity contribution >= 4 is 11.6 Å². The molecule has 0 aromatic carbocycles. The number of alkyl halides is 1. The van der Waals surface area contributed by atoms with E-state index in [2.05, 4.69) is 15.0 Å². The van der Waals surface area contributed by atoms with E-state index in [1.54, 1.807) is 24.8 Å². The highest BCUT2D eigenvalue weighted by Gasteiger charge is 1.99. The van der Waals surface area contributed by atoms with Gasteiger partial charge in [0.05, 0.1) is 0 Å². The normalized spacial score (nSPS) is 10.1. The van der Waals surface area contributed by atoms with Crippen LogP contribution in [0.2, 0.25) is 0 Å². The molecule has 0 radical (unpaired) electrons. The van der Waals surface area contributed by atoms with E-state index in [4.69, 9.17) is 11.6 Å². The zero-order valence-corrected chi connectivity index (χ0v) is 8.15. The summed E-state index contributed by atoms with van der Waals surface area (Å²) in [5, 5.41) is 0. The van der Waals surface area contributed by atoms with Crippen molar-refractivity contribution in [3.63, 3.8) is 0 Å². The van der Waals surface area contributed by atoms with Gasteiger partial charge >= 0.3 is 0 Å². The molecule has 0 unspecified atom stereocenters. The summed E-state index contributed by atoms with van der Waals surface area (Å²) in [5.41, 5.74) is 2.93. The van der Waals surface area contributed by atoms with Crippen LogP contribution in [0.15, 0.2) is 37.2 Å². The molecule has 3 nitrogen and oxygen atoms in total. The van der Waals surface area contributed by atoms with E-state index < -0.39 is 0 Å². The van der Waals surface area contributed by atoms with Crippen molar-refractivity contribution in [2.45, 2.75) is 5.88 Å². The van der Waals surface area contributed by atoms with Crippen LogP contribution in [-0.2, 0) is 5.88 Å². The van der Waals surface area contributed by atoms with Gasteiger partial charge in [-0.25, -0.2) is 9.97 Å². The van der Waals surface area contributed by atoms with Crippen LogP contribution < -0.4 is 0 Å². The zero-order chi connectivity index (χ0) is 9.80. The Labute approximate surface area is 86.8 Å². The molecule has 0 spiro atoms. The van der Waals surface area contributed by atoms with Gasteiger partial charge in [-0.05, 0) is 11.6 Å². The fraction of sp³-hybridized carbons (Fsp3) is 0.100. The molecular weight excluding hydrogens is 198 g/mol. The summed E-state index contributed by atoms with van der Waals surface area (Å²) in [5.74, 6) is 0.467. The van der Waals surface area contributed by atoms with E-state index in [9.17, 15) is 0 Å². The molecular formula is C10H8ClN3. The number of aromatic nitrogens is 3. The number of rotatable bonds is 2. The Morgan fingerprint density at radius 1 is 0.929 bits per heavy atom. The number of hydrogen-bond donors (Lipinski definition) is 0. The predicted octanol–water partition coefficient (Wildman–Crippen LogP) is 2.28. The average Bonchev–Trinajstić information content (AvgIpc) is 2.30. The third-order valence-corrected chi connectivity index (χ3v) is 2.15. The largest absolute Gasteiger partial charge is 0.264 e. The number of pyridine rings is 1. The molecule has 2 aromatic heterocycles. The maximum absolute atomic E-state index is 5.72. The van der Waals surface area contributed by atoms with Gasteiger partial charge in [0.25, 0.3) is 0 Å². The molecule has 0 bridgehead atoms. The highest BCUT2D eigenvalue weighted by atomic mass is 35.5. The maximum Gasteiger partial charge on any atom is 0.115 e. The van der Waals surface area contributed by atoms with E-state index in [0.29, 0.717) is 5.88 Å². The van der Waals surface area contributed by atoms with Crippen LogP contribution in [-0.4, -0.2) is 15.0 Å². The van der Waals surface area contributed by atoms with E-state index in [0.717, 1.165) is 16.7 Å². The van der Waals surface area contributed by atoms with Crippen molar-refractivity contribution in [3.05, 3.63) is 42.7 Å². The lowest BCUT2D eigenvalue weighted by Crippen LogP contribution is -1.86. The lowest BCUT2D eigenvalue weighted by atomic mass is 10.1. The number of hydrogen-bond acceptors (Lipinski definition) is 3. The topological polar surface area (TPSA) is 38.7 Å². The van der Waals surface area contributed by atoms with Crippen LogP contribution in [0.25, 0.3) is 11.1 Å². The van der Waals surface area contributed by atoms with E-state index >= 15 is 0 Å². The number of nitrogens with zero attached hydrogens (tertiary/aromatic N) is 3. The second-order valence-electron chi connectivity index (χ2n) is 2.84. The molecule has 4 heteroatoms. The van der Waals surface area contributed by atoms with Crippen LogP contribution in [0, 0.1) is 0 Å². The summed E-state index contributed by atoms with van der Waals surface area (Å²) in [6.45, 7) is 0. The summed E-state index contributed by atoms with van der Waals surface area (Å²) >= 11 is 5.72. The molecule has 0 fully saturated rings. The Kier molecular flexibility index (Phi) is 2.70. The Bertz CT molecular complexity index is 417. The minimum absolute atomic E-state index is 0.467. The highest BCUT2D eigenvalue weighted by molar-refractivity contribution is 6.17. The molecule has 0 aliphatic carbocycles. The van der Waals surface area contributed by atoms with Gasteiger partial charge in [-0.15, -0.1) is 11.6 Å². The third-order valence-electron chi connectivity index (χ3n) is 1.84. The SMILES string of the molecule is ClCc1cncc(-c2cncnc2)c1. The van der Waals surface area contributed by atoms with Gasteiger partial charge in [0.1, 0.15) is 6.33 Å². The fourth-order valence-electron chi connectivity index (χ4n) is 1.17. The lowest BCUT2D eigenvalue weighted by Gasteiger charge is -2.00. The molecule has 0 aliphatic heterocycles. The van der Waals surface area contributed by atoms with Crippen LogP contribution in [0.3, 0.4) is 0 Å². The van der Waals surface area contributed by atoms with Gasteiger partial charge in [0.2, 0.25) is 0 Å². The molecule has 0 atom stereocenters. The second-order valence-corrected chi connectivity index (χ2v) is 3.11. The predicted molar refractivity (Wildman–Crippen MR) is 54.8 cm³/mol. The minimum atomic E-state index is 0.467. The molecule has 2 rings (SSSR count). The smallest absolute Gasteiger partial charge is 0.115 e. The summed E-state index contributed by atoms with van der Waals surface area (Å²) < 4.78 is 0. The van der Waals surface area contributed by atoms with Crippen LogP contribution in [0.4, 0.5) is 0 Å². The first-order valence-electron chi connectivity index (χ1n) is 4.15. The average molecular weight is 206 g/mol. The van der Waals surface area contributed by atoms with Crippen LogP contribution in [0.1, 0.15) is 5.56 Å². The van der Waals surface area contributed by atoms with E-state index in [1.807, 2.05) is 6.07 Å². The van der Waals surface area contributed by atoms with Crippen molar-refractivity contribution in [2.24, 2.45) is 0 Å². The molecule has 0 aliphatic rings. The van der Waals surface area contributed by atoms with Crippen molar-refractivity contribution in [1.29, 1.82) is 0 Å². The Morgan fingerprint density at radius 3 is 2.36 bits per heavy atom. The first-order valence-corrected chi connectivity index (χ1v) is 4.69. The van der Waals surface area contributed by atoms with Crippen molar-refractivity contribution in [2.75, 3.05) is 0 Å². The Hall–Kier alpha value is -1.48. The first kappa shape index (κ1) is 9.09. The monoisotopic (exact) mass is 205 g/mol. The molecule has 2 aromatic rings. The van der Waals surface area contributed by atoms with Gasteiger partial charge in [-0.3, -0.25) is 4.98 Å². The quantitative estimate of drug-likeness (QED) is 0.706. The molecule has 14 heavy (non-hydrogen) atoms. The second kappa shape index (κ2) is 4.15. The number of halogens is 1. The van der Waals surface area contributed by atoms with E-state index in [1.165, 1.54) is 6.33 Å². The van der Waals surface area contributed by atoms with Gasteiger partial charge in [0.15, 0.2) is 0 Å². The van der Waals surface area contributed by atoms with Gasteiger partial charge in [-0.1, -0.05) is 0 Å². The summed E-state index contributed by atoms with van der Waals surface area (Å²) in [6.07, 6.45) is 8.53. The molecule has 0 amide bonds. The maximum atomic E-state index is 5.72. The van der Waals surface area contributed by atoms with Gasteiger partial charge in [-0.2, -0.15) is 0 Å². The van der Waals surface area contributed by atoms with Crippen LogP contribution in [0.5, 0.6) is 0 Å².